The molecule has 0 aliphatic carbocycles. The summed E-state index contributed by atoms with van der Waals surface area (Å²) >= 11 is 0. The fraction of sp³-hybridized carbons (Fsp3) is 0.700. The second-order valence-electron chi connectivity index (χ2n) is 9.06. The van der Waals surface area contributed by atoms with E-state index in [2.05, 4.69) is 65.1 Å². The van der Waals surface area contributed by atoms with Crippen molar-refractivity contribution in [2.75, 3.05) is 6.54 Å². The number of benzene rings is 1. The first-order chi connectivity index (χ1) is 9.94. The van der Waals surface area contributed by atoms with Gasteiger partial charge in [-0.2, -0.15) is 0 Å². The van der Waals surface area contributed by atoms with Crippen LogP contribution in [-0.4, -0.2) is 17.7 Å². The van der Waals surface area contributed by atoms with E-state index in [1.165, 1.54) is 11.1 Å². The van der Waals surface area contributed by atoms with Gasteiger partial charge in [0, 0.05) is 6.04 Å². The molecule has 0 spiro atoms. The van der Waals surface area contributed by atoms with Crippen LogP contribution in [0.1, 0.15) is 78.0 Å². The van der Waals surface area contributed by atoms with E-state index in [9.17, 15) is 5.11 Å². The highest BCUT2D eigenvalue weighted by Crippen LogP contribution is 2.39. The fourth-order valence-electron chi connectivity index (χ4n) is 3.42. The lowest BCUT2D eigenvalue weighted by atomic mass is 9.73. The van der Waals surface area contributed by atoms with Crippen molar-refractivity contribution < 1.29 is 5.11 Å². The fourth-order valence-corrected chi connectivity index (χ4v) is 3.42. The highest BCUT2D eigenvalue weighted by atomic mass is 16.3. The first-order valence-corrected chi connectivity index (χ1v) is 8.55. The second-order valence-corrected chi connectivity index (χ2v) is 9.06. The summed E-state index contributed by atoms with van der Waals surface area (Å²) in [6.07, 6.45) is 2.18. The Bertz CT molecular complexity index is 526. The van der Waals surface area contributed by atoms with Gasteiger partial charge in [-0.1, -0.05) is 59.7 Å². The molecule has 1 aliphatic heterocycles. The van der Waals surface area contributed by atoms with Gasteiger partial charge in [0.15, 0.2) is 0 Å². The minimum Gasteiger partial charge on any atom is -0.384 e. The number of aliphatic hydroxyl groups is 1. The predicted octanol–water partition coefficient (Wildman–Crippen LogP) is 4.24. The largest absolute Gasteiger partial charge is 0.384 e. The van der Waals surface area contributed by atoms with Crippen LogP contribution in [-0.2, 0) is 16.4 Å². The lowest BCUT2D eigenvalue weighted by molar-refractivity contribution is 0.0202. The van der Waals surface area contributed by atoms with Crippen LogP contribution in [0.3, 0.4) is 0 Å². The monoisotopic (exact) mass is 303 g/mol. The molecule has 0 radical (unpaired) electrons. The molecule has 1 aliphatic rings. The molecule has 2 atom stereocenters. The third-order valence-electron chi connectivity index (χ3n) is 4.98. The molecule has 1 heterocycles. The van der Waals surface area contributed by atoms with E-state index < -0.39 is 5.60 Å². The molecule has 124 valence electrons. The van der Waals surface area contributed by atoms with E-state index in [1.54, 1.807) is 0 Å². The molecule has 1 unspecified atom stereocenters. The summed E-state index contributed by atoms with van der Waals surface area (Å²) in [6.45, 7) is 16.4. The van der Waals surface area contributed by atoms with Crippen molar-refractivity contribution in [2.24, 2.45) is 0 Å². The summed E-state index contributed by atoms with van der Waals surface area (Å²) in [5.74, 6) is 0. The van der Waals surface area contributed by atoms with Gasteiger partial charge in [-0.05, 0) is 53.8 Å². The minimum atomic E-state index is -0.824. The standard InChI is InChI=1S/C20H33NO/c1-18(2,3)14-10-11-15(16(13-14)19(4,5)6)20(7,22)17-9-8-12-21-17/h10-11,13,17,21-22H,8-9,12H2,1-7H3/t17-,20?/m0/s1. The maximum Gasteiger partial charge on any atom is 0.102 e. The Morgan fingerprint density at radius 1 is 0.955 bits per heavy atom. The average Bonchev–Trinajstić information content (AvgIpc) is 2.90. The van der Waals surface area contributed by atoms with Crippen LogP contribution >= 0.6 is 0 Å². The quantitative estimate of drug-likeness (QED) is 0.856. The van der Waals surface area contributed by atoms with Gasteiger partial charge >= 0.3 is 0 Å². The summed E-state index contributed by atoms with van der Waals surface area (Å²) in [7, 11) is 0. The summed E-state index contributed by atoms with van der Waals surface area (Å²) < 4.78 is 0. The van der Waals surface area contributed by atoms with Crippen molar-refractivity contribution in [3.8, 4) is 0 Å². The number of hydrogen-bond donors (Lipinski definition) is 2. The van der Waals surface area contributed by atoms with Gasteiger partial charge in [-0.3, -0.25) is 0 Å². The molecule has 0 saturated carbocycles. The Labute approximate surface area is 136 Å². The average molecular weight is 303 g/mol. The van der Waals surface area contributed by atoms with E-state index in [0.29, 0.717) is 0 Å². The summed E-state index contributed by atoms with van der Waals surface area (Å²) in [5, 5.41) is 14.7. The maximum absolute atomic E-state index is 11.3. The molecule has 22 heavy (non-hydrogen) atoms. The zero-order valence-electron chi connectivity index (χ0n) is 15.4. The highest BCUT2D eigenvalue weighted by molar-refractivity contribution is 5.43. The van der Waals surface area contributed by atoms with Gasteiger partial charge < -0.3 is 10.4 Å². The van der Waals surface area contributed by atoms with Gasteiger partial charge in [0.2, 0.25) is 0 Å². The molecule has 2 heteroatoms. The van der Waals surface area contributed by atoms with Crippen molar-refractivity contribution in [1.29, 1.82) is 0 Å². The van der Waals surface area contributed by atoms with E-state index in [0.717, 1.165) is 24.9 Å². The Morgan fingerprint density at radius 3 is 2.05 bits per heavy atom. The first-order valence-electron chi connectivity index (χ1n) is 8.55. The molecule has 0 bridgehead atoms. The lowest BCUT2D eigenvalue weighted by Crippen LogP contribution is -2.44. The SMILES string of the molecule is CC(C)(C)c1ccc(C(C)(O)[C@@H]2CCCN2)c(C(C)(C)C)c1. The molecule has 1 saturated heterocycles. The van der Waals surface area contributed by atoms with Crippen molar-refractivity contribution >= 4 is 0 Å². The molecular formula is C20H33NO. The molecule has 1 aromatic rings. The molecule has 1 aromatic carbocycles. The van der Waals surface area contributed by atoms with Crippen LogP contribution in [0.25, 0.3) is 0 Å². The van der Waals surface area contributed by atoms with Crippen LogP contribution in [0, 0.1) is 0 Å². The van der Waals surface area contributed by atoms with E-state index in [1.807, 2.05) is 6.92 Å². The second kappa shape index (κ2) is 5.65. The zero-order chi connectivity index (χ0) is 16.8. The smallest absolute Gasteiger partial charge is 0.102 e. The number of nitrogens with one attached hydrogen (secondary N) is 1. The normalized spacial score (nSPS) is 22.6. The van der Waals surface area contributed by atoms with Crippen LogP contribution in [0.4, 0.5) is 0 Å². The Balaban J connectivity index is 2.55. The van der Waals surface area contributed by atoms with Gasteiger partial charge in [-0.15, -0.1) is 0 Å². The number of rotatable bonds is 2. The summed E-state index contributed by atoms with van der Waals surface area (Å²) in [4.78, 5) is 0. The van der Waals surface area contributed by atoms with Crippen LogP contribution in [0.2, 0.25) is 0 Å². The topological polar surface area (TPSA) is 32.3 Å². The van der Waals surface area contributed by atoms with Gasteiger partial charge in [0.05, 0.1) is 0 Å². The van der Waals surface area contributed by atoms with Gasteiger partial charge in [-0.25, -0.2) is 0 Å². The maximum atomic E-state index is 11.3. The molecule has 2 rings (SSSR count). The van der Waals surface area contributed by atoms with Crippen molar-refractivity contribution in [1.82, 2.24) is 5.32 Å². The van der Waals surface area contributed by atoms with Crippen molar-refractivity contribution in [3.63, 3.8) is 0 Å². The van der Waals surface area contributed by atoms with Crippen molar-refractivity contribution in [3.05, 3.63) is 34.9 Å². The lowest BCUT2D eigenvalue weighted by Gasteiger charge is -2.37. The van der Waals surface area contributed by atoms with Crippen LogP contribution in [0.15, 0.2) is 18.2 Å². The van der Waals surface area contributed by atoms with E-state index >= 15 is 0 Å². The van der Waals surface area contributed by atoms with Crippen LogP contribution in [0.5, 0.6) is 0 Å². The van der Waals surface area contributed by atoms with E-state index in [-0.39, 0.29) is 16.9 Å². The minimum absolute atomic E-state index is 0.0131. The number of hydrogen-bond acceptors (Lipinski definition) is 2. The Hall–Kier alpha value is -0.860. The predicted molar refractivity (Wildman–Crippen MR) is 94.4 cm³/mol. The highest BCUT2D eigenvalue weighted by Gasteiger charge is 2.39. The summed E-state index contributed by atoms with van der Waals surface area (Å²) in [6, 6.07) is 6.79. The van der Waals surface area contributed by atoms with Crippen molar-refractivity contribution in [2.45, 2.75) is 83.8 Å². The first kappa shape index (κ1) is 17.5. The summed E-state index contributed by atoms with van der Waals surface area (Å²) in [5.41, 5.74) is 2.98. The molecule has 0 aromatic heterocycles. The molecular weight excluding hydrogens is 270 g/mol. The Morgan fingerprint density at radius 2 is 1.59 bits per heavy atom. The molecule has 0 amide bonds. The molecule has 1 fully saturated rings. The van der Waals surface area contributed by atoms with Crippen LogP contribution < -0.4 is 5.32 Å². The third kappa shape index (κ3) is 3.38. The Kier molecular flexibility index (Phi) is 4.49. The molecule has 2 nitrogen and oxygen atoms in total. The molecule has 2 N–H and O–H groups in total. The third-order valence-corrected chi connectivity index (χ3v) is 4.98. The van der Waals surface area contributed by atoms with E-state index in [4.69, 9.17) is 0 Å². The van der Waals surface area contributed by atoms with Gasteiger partial charge in [0.25, 0.3) is 0 Å². The van der Waals surface area contributed by atoms with Gasteiger partial charge in [0.1, 0.15) is 5.60 Å². The zero-order valence-corrected chi connectivity index (χ0v) is 15.4.